The third kappa shape index (κ3) is 3.00. The number of hydrogen-bond donors (Lipinski definition) is 8. The summed E-state index contributed by atoms with van der Waals surface area (Å²) in [5.41, 5.74) is -8.76. The van der Waals surface area contributed by atoms with Crippen LogP contribution >= 0.6 is 0 Å². The first-order valence-electron chi connectivity index (χ1n) is 11.5. The van der Waals surface area contributed by atoms with Crippen molar-refractivity contribution in [2.24, 2.45) is 0 Å². The smallest absolute Gasteiger partial charge is 0.370 e. The van der Waals surface area contributed by atoms with Gasteiger partial charge in [0.1, 0.15) is 0 Å². The first kappa shape index (κ1) is 25.1. The maximum atomic E-state index is 14.0. The number of phenols is 4. The molecular weight excluding hydrogens is 548 g/mol. The molecule has 16 nitrogen and oxygen atoms in total. The molecule has 0 radical (unpaired) electrons. The number of fused-ring (bicyclic) bond motifs is 4. The van der Waals surface area contributed by atoms with Crippen LogP contribution in [0.4, 0.5) is 0 Å². The first-order valence-corrected chi connectivity index (χ1v) is 11.5. The highest BCUT2D eigenvalue weighted by atomic mass is 16.7. The molecule has 41 heavy (non-hydrogen) atoms. The lowest BCUT2D eigenvalue weighted by Gasteiger charge is -2.46. The lowest BCUT2D eigenvalue weighted by Crippen LogP contribution is -2.86. The van der Waals surface area contributed by atoms with Crippen LogP contribution in [-0.4, -0.2) is 72.8 Å². The standard InChI is InChI=1S/C25H14N4O12/c30-11-3-1-7-5-9-15(32)17(34)13(7)21(38)27-25-12(31)4-2-8-6-10(16(33)18(35)14(8)22(39)28-25)20(37)29-41-23(40)24(11,25)26-19(9)36/h1-6,32-35H,(H,26,36)(H,27,38)(H,28,39)(H,29,37)/b3-1?,4-2-. The van der Waals surface area contributed by atoms with E-state index in [1.165, 1.54) is 0 Å². The molecule has 0 aliphatic carbocycles. The molecule has 8 N–H and O–H groups in total. The van der Waals surface area contributed by atoms with Gasteiger partial charge in [0.25, 0.3) is 29.2 Å². The molecule has 206 valence electrons. The van der Waals surface area contributed by atoms with Crippen LogP contribution in [0.2, 0.25) is 0 Å². The molecule has 6 aliphatic rings. The second-order valence-electron chi connectivity index (χ2n) is 9.25. The number of nitrogens with one attached hydrogen (secondary N) is 4. The highest BCUT2D eigenvalue weighted by molar-refractivity contribution is 6.28. The number of rotatable bonds is 0. The summed E-state index contributed by atoms with van der Waals surface area (Å²) in [6.45, 7) is 0. The zero-order valence-electron chi connectivity index (χ0n) is 20.0. The van der Waals surface area contributed by atoms with Gasteiger partial charge in [-0.05, 0) is 35.4 Å². The molecule has 2 atom stereocenters. The second-order valence-corrected chi connectivity index (χ2v) is 9.25. The molecule has 0 saturated heterocycles. The van der Waals surface area contributed by atoms with E-state index in [4.69, 9.17) is 4.84 Å². The SMILES string of the molecule is O=C1NC23C(=O)C=Cc4cc1c(O)c(O)c4C(=O)NC21NC(=O)c2c(cc(c(O)c2O)C(=O)NOC3=O)/C=C\C1=O. The lowest BCUT2D eigenvalue weighted by molar-refractivity contribution is -0.166. The summed E-state index contributed by atoms with van der Waals surface area (Å²) in [5.74, 6) is -15.1. The van der Waals surface area contributed by atoms with Crippen LogP contribution in [0.1, 0.15) is 52.6 Å². The van der Waals surface area contributed by atoms with Gasteiger partial charge in [-0.3, -0.25) is 28.8 Å². The van der Waals surface area contributed by atoms with Crippen LogP contribution in [0.5, 0.6) is 23.0 Å². The van der Waals surface area contributed by atoms with Crippen LogP contribution in [0.15, 0.2) is 24.3 Å². The van der Waals surface area contributed by atoms with E-state index in [-0.39, 0.29) is 11.1 Å². The molecule has 6 aliphatic heterocycles. The summed E-state index contributed by atoms with van der Waals surface area (Å²) in [6.07, 6.45) is 3.08. The molecule has 8 rings (SSSR count). The third-order valence-corrected chi connectivity index (χ3v) is 7.13. The van der Waals surface area contributed by atoms with Crippen molar-refractivity contribution in [1.29, 1.82) is 0 Å². The van der Waals surface area contributed by atoms with Gasteiger partial charge in [-0.1, -0.05) is 12.2 Å². The summed E-state index contributed by atoms with van der Waals surface area (Å²) in [5, 5.41) is 48.2. The average molecular weight is 562 g/mol. The first-order chi connectivity index (χ1) is 19.3. The molecule has 2 spiro atoms. The molecule has 4 amide bonds. The van der Waals surface area contributed by atoms with E-state index >= 15 is 0 Å². The van der Waals surface area contributed by atoms with Crippen LogP contribution in [0.25, 0.3) is 12.2 Å². The number of phenolic OH excluding ortho intramolecular Hbond substituents is 4. The number of carbonyl (C=O) groups excluding carboxylic acids is 7. The fraction of sp³-hybridized carbons (Fsp3) is 0.0800. The minimum atomic E-state index is -3.45. The van der Waals surface area contributed by atoms with Gasteiger partial charge in [0, 0.05) is 0 Å². The van der Waals surface area contributed by atoms with Crippen molar-refractivity contribution in [3.8, 4) is 23.0 Å². The monoisotopic (exact) mass is 562 g/mol. The fourth-order valence-electron chi connectivity index (χ4n) is 5.12. The highest BCUT2D eigenvalue weighted by Gasteiger charge is 2.70. The lowest BCUT2D eigenvalue weighted by atomic mass is 9.74. The van der Waals surface area contributed by atoms with Gasteiger partial charge < -0.3 is 41.2 Å². The van der Waals surface area contributed by atoms with E-state index in [0.717, 1.165) is 24.3 Å². The molecule has 2 unspecified atom stereocenters. The van der Waals surface area contributed by atoms with E-state index in [0.29, 0.717) is 12.2 Å². The maximum Gasteiger partial charge on any atom is 0.370 e. The second kappa shape index (κ2) is 7.92. The van der Waals surface area contributed by atoms with Gasteiger partial charge >= 0.3 is 5.97 Å². The summed E-state index contributed by atoms with van der Waals surface area (Å²) in [4.78, 5) is 100. The molecule has 0 fully saturated rings. The van der Waals surface area contributed by atoms with Crippen molar-refractivity contribution in [3.05, 3.63) is 57.7 Å². The largest absolute Gasteiger partial charge is 0.504 e. The molecular formula is C25H14N4O12. The van der Waals surface area contributed by atoms with Crippen LogP contribution in [0, 0.1) is 0 Å². The Morgan fingerprint density at radius 1 is 0.561 bits per heavy atom. The maximum absolute atomic E-state index is 14.0. The molecule has 2 aromatic carbocycles. The number of ketones is 2. The van der Waals surface area contributed by atoms with Gasteiger partial charge in [-0.15, -0.1) is 0 Å². The van der Waals surface area contributed by atoms with E-state index in [1.54, 1.807) is 5.48 Å². The predicted octanol–water partition coefficient (Wildman–Crippen LogP) is -1.76. The summed E-state index contributed by atoms with van der Waals surface area (Å²) < 4.78 is 0. The number of hydroxylamine groups is 1. The highest BCUT2D eigenvalue weighted by Crippen LogP contribution is 2.42. The van der Waals surface area contributed by atoms with Crippen molar-refractivity contribution in [2.45, 2.75) is 11.2 Å². The Labute approximate surface area is 225 Å². The van der Waals surface area contributed by atoms with Crippen molar-refractivity contribution >= 4 is 53.3 Å². The van der Waals surface area contributed by atoms with Gasteiger partial charge in [0.05, 0.1) is 22.3 Å². The molecule has 16 heteroatoms. The molecule has 7 bridgehead atoms. The fourth-order valence-corrected chi connectivity index (χ4v) is 5.12. The number of hydrogen-bond acceptors (Lipinski definition) is 12. The van der Waals surface area contributed by atoms with Crippen LogP contribution in [-0.2, 0) is 19.2 Å². The average Bonchev–Trinajstić information content (AvgIpc) is 2.99. The third-order valence-electron chi connectivity index (χ3n) is 7.13. The number of benzene rings is 2. The Kier molecular flexibility index (Phi) is 4.85. The number of aromatic hydroxyl groups is 4. The summed E-state index contributed by atoms with van der Waals surface area (Å²) >= 11 is 0. The zero-order chi connectivity index (χ0) is 29.6. The molecule has 0 aromatic heterocycles. The molecule has 6 heterocycles. The minimum absolute atomic E-state index is 0.297. The quantitative estimate of drug-likeness (QED) is 0.131. The van der Waals surface area contributed by atoms with E-state index in [2.05, 4.69) is 0 Å². The summed E-state index contributed by atoms with van der Waals surface area (Å²) in [7, 11) is 0. The Bertz CT molecular complexity index is 1810. The normalized spacial score (nSPS) is 25.1. The van der Waals surface area contributed by atoms with Crippen molar-refractivity contribution < 1.29 is 58.8 Å². The minimum Gasteiger partial charge on any atom is -0.504 e. The Balaban J connectivity index is 1.78. The van der Waals surface area contributed by atoms with Gasteiger partial charge in [0.2, 0.25) is 11.4 Å². The Morgan fingerprint density at radius 2 is 1.05 bits per heavy atom. The van der Waals surface area contributed by atoms with Crippen molar-refractivity contribution in [2.75, 3.05) is 0 Å². The van der Waals surface area contributed by atoms with Gasteiger partial charge in [0.15, 0.2) is 28.8 Å². The van der Waals surface area contributed by atoms with E-state index in [1.807, 2.05) is 16.0 Å². The van der Waals surface area contributed by atoms with Gasteiger partial charge in [-0.25, -0.2) is 4.79 Å². The number of amides is 4. The topological polar surface area (TPSA) is 258 Å². The predicted molar refractivity (Wildman–Crippen MR) is 129 cm³/mol. The van der Waals surface area contributed by atoms with Crippen LogP contribution < -0.4 is 21.4 Å². The van der Waals surface area contributed by atoms with Crippen LogP contribution in [0.3, 0.4) is 0 Å². The summed E-state index contributed by atoms with van der Waals surface area (Å²) in [6, 6.07) is 1.79. The van der Waals surface area contributed by atoms with E-state index in [9.17, 15) is 54.0 Å². The van der Waals surface area contributed by atoms with Crippen molar-refractivity contribution in [1.82, 2.24) is 21.4 Å². The molecule has 2 aromatic rings. The van der Waals surface area contributed by atoms with E-state index < -0.39 is 97.6 Å². The Morgan fingerprint density at radius 3 is 1.59 bits per heavy atom. The zero-order valence-corrected chi connectivity index (χ0v) is 20.0. The van der Waals surface area contributed by atoms with Crippen molar-refractivity contribution in [3.63, 3.8) is 0 Å². The molecule has 0 saturated carbocycles. The number of carbonyl (C=O) groups is 7. The van der Waals surface area contributed by atoms with Gasteiger partial charge in [-0.2, -0.15) is 5.48 Å². The Hall–Kier alpha value is -6.19.